The minimum absolute atomic E-state index is 0.106. The number of carboxylic acid groups (broad SMARTS) is 1. The number of likely N-dealkylation sites (N-methyl/N-ethyl adjacent to an activating group) is 3. The Bertz CT molecular complexity index is 1190. The Balaban J connectivity index is 1.53. The average molecular weight is 536 g/mol. The van der Waals surface area contributed by atoms with Crippen molar-refractivity contribution in [2.75, 3.05) is 34.8 Å². The van der Waals surface area contributed by atoms with Crippen molar-refractivity contribution in [2.24, 2.45) is 5.92 Å². The summed E-state index contributed by atoms with van der Waals surface area (Å²) in [6.45, 7) is 0.124. The molecule has 2 aromatic carbocycles. The number of amides is 3. The lowest BCUT2D eigenvalue weighted by Gasteiger charge is -2.37. The summed E-state index contributed by atoms with van der Waals surface area (Å²) in [5.74, 6) is -2.35. The Morgan fingerprint density at radius 3 is 1.90 bits per heavy atom. The molecule has 3 amide bonds. The highest BCUT2D eigenvalue weighted by Gasteiger charge is 2.42. The number of nitrogens with zero attached hydrogens (tertiary/aromatic N) is 3. The summed E-state index contributed by atoms with van der Waals surface area (Å²) in [5, 5.41) is 9.41. The van der Waals surface area contributed by atoms with Crippen molar-refractivity contribution in [3.63, 3.8) is 0 Å². The van der Waals surface area contributed by atoms with Gasteiger partial charge in [-0.25, -0.2) is 4.79 Å². The first-order valence-corrected chi connectivity index (χ1v) is 13.4. The van der Waals surface area contributed by atoms with E-state index in [-0.39, 0.29) is 18.4 Å². The summed E-state index contributed by atoms with van der Waals surface area (Å²) in [6.07, 6.45) is 2.25. The van der Waals surface area contributed by atoms with Crippen molar-refractivity contribution in [2.45, 2.75) is 50.1 Å². The Labute approximate surface area is 229 Å². The van der Waals surface area contributed by atoms with Crippen LogP contribution in [0.4, 0.5) is 4.79 Å². The van der Waals surface area contributed by atoms with Crippen molar-refractivity contribution in [3.8, 4) is 11.1 Å². The number of ether oxygens (including phenoxy) is 1. The van der Waals surface area contributed by atoms with Crippen LogP contribution in [0.3, 0.4) is 0 Å². The van der Waals surface area contributed by atoms with E-state index in [2.05, 4.69) is 12.1 Å². The quantitative estimate of drug-likeness (QED) is 0.523. The van der Waals surface area contributed by atoms with E-state index in [4.69, 9.17) is 4.74 Å². The maximum Gasteiger partial charge on any atom is 0.410 e. The van der Waals surface area contributed by atoms with Gasteiger partial charge in [0.25, 0.3) is 0 Å². The molecule has 2 atom stereocenters. The van der Waals surface area contributed by atoms with Crippen LogP contribution in [-0.4, -0.2) is 90.6 Å². The van der Waals surface area contributed by atoms with Crippen molar-refractivity contribution in [1.29, 1.82) is 0 Å². The first-order valence-electron chi connectivity index (χ1n) is 13.4. The fourth-order valence-electron chi connectivity index (χ4n) is 5.98. The third kappa shape index (κ3) is 5.77. The highest BCUT2D eigenvalue weighted by Crippen LogP contribution is 2.44. The van der Waals surface area contributed by atoms with Crippen molar-refractivity contribution < 1.29 is 29.0 Å². The molecule has 2 aliphatic rings. The molecule has 1 saturated carbocycles. The number of benzene rings is 2. The van der Waals surface area contributed by atoms with E-state index in [0.717, 1.165) is 47.9 Å². The number of fused-ring (bicyclic) bond motifs is 3. The second kappa shape index (κ2) is 11.9. The standard InChI is InChI=1S/C30H37N3O6/c1-31(2)28(36)25(17-26(34)35)32(3)29(37)27(19-11-5-6-12-19)33(4)30(38)39-18-24-22-15-9-7-13-20(22)21-14-8-10-16-23(21)24/h7-10,13-16,19,24-25,27H,5-6,11-12,17-18H2,1-4H3,(H,34,35)/t25-,27?/m0/s1. The largest absolute Gasteiger partial charge is 0.481 e. The van der Waals surface area contributed by atoms with Crippen molar-refractivity contribution in [3.05, 3.63) is 59.7 Å². The normalized spacial score (nSPS) is 16.1. The van der Waals surface area contributed by atoms with Gasteiger partial charge in [0.2, 0.25) is 11.8 Å². The summed E-state index contributed by atoms with van der Waals surface area (Å²) in [6, 6.07) is 14.1. The monoisotopic (exact) mass is 535 g/mol. The maximum absolute atomic E-state index is 13.8. The van der Waals surface area contributed by atoms with Gasteiger partial charge in [-0.1, -0.05) is 61.4 Å². The molecule has 2 aliphatic carbocycles. The van der Waals surface area contributed by atoms with Crippen LogP contribution < -0.4 is 0 Å². The fraction of sp³-hybridized carbons (Fsp3) is 0.467. The van der Waals surface area contributed by atoms with E-state index in [1.54, 1.807) is 7.05 Å². The van der Waals surface area contributed by atoms with Gasteiger partial charge in [-0.05, 0) is 41.0 Å². The highest BCUT2D eigenvalue weighted by molar-refractivity contribution is 5.93. The predicted molar refractivity (Wildman–Crippen MR) is 146 cm³/mol. The molecule has 208 valence electrons. The van der Waals surface area contributed by atoms with Crippen LogP contribution in [0.15, 0.2) is 48.5 Å². The highest BCUT2D eigenvalue weighted by atomic mass is 16.6. The molecule has 2 aromatic rings. The van der Waals surface area contributed by atoms with Crippen molar-refractivity contribution >= 4 is 23.9 Å². The van der Waals surface area contributed by atoms with Gasteiger partial charge in [0.05, 0.1) is 6.42 Å². The van der Waals surface area contributed by atoms with Gasteiger partial charge < -0.3 is 19.6 Å². The lowest BCUT2D eigenvalue weighted by molar-refractivity contribution is -0.151. The number of carboxylic acids is 1. The molecule has 0 aliphatic heterocycles. The Kier molecular flexibility index (Phi) is 8.57. The van der Waals surface area contributed by atoms with Crippen LogP contribution >= 0.6 is 0 Å². The molecule has 0 spiro atoms. The average Bonchev–Trinajstić information content (AvgIpc) is 3.56. The molecule has 0 aromatic heterocycles. The first-order chi connectivity index (χ1) is 18.6. The molecule has 1 N–H and O–H groups in total. The molecule has 4 rings (SSSR count). The van der Waals surface area contributed by atoms with E-state index in [0.29, 0.717) is 0 Å². The van der Waals surface area contributed by atoms with Gasteiger partial charge in [-0.15, -0.1) is 0 Å². The predicted octanol–water partition coefficient (Wildman–Crippen LogP) is 3.82. The topological polar surface area (TPSA) is 107 Å². The molecule has 9 heteroatoms. The third-order valence-electron chi connectivity index (χ3n) is 8.05. The van der Waals surface area contributed by atoms with E-state index >= 15 is 0 Å². The number of hydrogen-bond acceptors (Lipinski definition) is 5. The second-order valence-corrected chi connectivity index (χ2v) is 10.7. The molecule has 39 heavy (non-hydrogen) atoms. The minimum atomic E-state index is -1.18. The summed E-state index contributed by atoms with van der Waals surface area (Å²) in [4.78, 5) is 55.3. The molecular weight excluding hydrogens is 498 g/mol. The molecule has 0 bridgehead atoms. The van der Waals surface area contributed by atoms with Crippen LogP contribution in [0, 0.1) is 5.92 Å². The second-order valence-electron chi connectivity index (χ2n) is 10.7. The number of carbonyl (C=O) groups excluding carboxylic acids is 3. The van der Waals surface area contributed by atoms with Gasteiger partial charge >= 0.3 is 12.1 Å². The third-order valence-corrected chi connectivity index (χ3v) is 8.05. The number of rotatable bonds is 9. The molecule has 0 heterocycles. The lowest BCUT2D eigenvalue weighted by Crippen LogP contribution is -2.57. The maximum atomic E-state index is 13.8. The van der Waals surface area contributed by atoms with Crippen LogP contribution in [0.1, 0.15) is 49.1 Å². The zero-order valence-corrected chi connectivity index (χ0v) is 23.0. The summed E-state index contributed by atoms with van der Waals surface area (Å²) in [7, 11) is 6.03. The Morgan fingerprint density at radius 1 is 0.846 bits per heavy atom. The zero-order chi connectivity index (χ0) is 28.3. The van der Waals surface area contributed by atoms with Gasteiger partial charge in [0.1, 0.15) is 18.7 Å². The number of hydrogen-bond donors (Lipinski definition) is 1. The lowest BCUT2D eigenvalue weighted by atomic mass is 9.95. The van der Waals surface area contributed by atoms with Crippen LogP contribution in [0.25, 0.3) is 11.1 Å². The number of aliphatic carboxylic acids is 1. The molecule has 1 unspecified atom stereocenters. The van der Waals surface area contributed by atoms with E-state index < -0.39 is 42.4 Å². The SMILES string of the molecule is CN(C)C(=O)[C@H](CC(=O)O)N(C)C(=O)C(C1CCCC1)N(C)C(=O)OCC1c2ccccc2-c2ccccc21. The molecule has 9 nitrogen and oxygen atoms in total. The number of carbonyl (C=O) groups is 4. The van der Waals surface area contributed by atoms with E-state index in [1.165, 1.54) is 35.8 Å². The molecular formula is C30H37N3O6. The van der Waals surface area contributed by atoms with Crippen LogP contribution in [0.2, 0.25) is 0 Å². The first kappa shape index (κ1) is 28.1. The fourth-order valence-corrected chi connectivity index (χ4v) is 5.98. The van der Waals surface area contributed by atoms with E-state index in [1.807, 2.05) is 36.4 Å². The summed E-state index contributed by atoms with van der Waals surface area (Å²) >= 11 is 0. The Hall–Kier alpha value is -3.88. The Morgan fingerprint density at radius 2 is 1.38 bits per heavy atom. The van der Waals surface area contributed by atoms with E-state index in [9.17, 15) is 24.3 Å². The van der Waals surface area contributed by atoms with Gasteiger partial charge in [0.15, 0.2) is 0 Å². The summed E-state index contributed by atoms with van der Waals surface area (Å²) < 4.78 is 5.83. The summed E-state index contributed by atoms with van der Waals surface area (Å²) in [5.41, 5.74) is 4.43. The van der Waals surface area contributed by atoms with Gasteiger partial charge in [0, 0.05) is 34.1 Å². The van der Waals surface area contributed by atoms with Crippen LogP contribution in [-0.2, 0) is 19.1 Å². The van der Waals surface area contributed by atoms with Crippen LogP contribution in [0.5, 0.6) is 0 Å². The van der Waals surface area contributed by atoms with Gasteiger partial charge in [-0.3, -0.25) is 19.3 Å². The molecule has 0 saturated heterocycles. The van der Waals surface area contributed by atoms with Gasteiger partial charge in [-0.2, -0.15) is 0 Å². The zero-order valence-electron chi connectivity index (χ0n) is 23.0. The molecule has 0 radical (unpaired) electrons. The minimum Gasteiger partial charge on any atom is -0.481 e. The smallest absolute Gasteiger partial charge is 0.410 e. The molecule has 1 fully saturated rings. The van der Waals surface area contributed by atoms with Crippen molar-refractivity contribution in [1.82, 2.24) is 14.7 Å².